The molecular weight excluding hydrogens is 224 g/mol. The Morgan fingerprint density at radius 2 is 2.18 bits per heavy atom. The van der Waals surface area contributed by atoms with Gasteiger partial charge in [0, 0.05) is 11.6 Å². The number of rotatable bonds is 7. The summed E-state index contributed by atoms with van der Waals surface area (Å²) in [7, 11) is 0. The first-order valence-corrected chi connectivity index (χ1v) is 5.61. The summed E-state index contributed by atoms with van der Waals surface area (Å²) in [5, 5.41) is 24.6. The topological polar surface area (TPSA) is 95.6 Å². The molecule has 0 saturated heterocycles. The summed E-state index contributed by atoms with van der Waals surface area (Å²) in [4.78, 5) is 10.6. The van der Waals surface area contributed by atoms with E-state index in [1.54, 1.807) is 0 Å². The first kappa shape index (κ1) is 13.7. The van der Waals surface area contributed by atoms with Crippen molar-refractivity contribution in [2.75, 3.05) is 6.61 Å². The van der Waals surface area contributed by atoms with Crippen molar-refractivity contribution in [3.8, 4) is 0 Å². The Bertz CT molecular complexity index is 363. The fourth-order valence-corrected chi connectivity index (χ4v) is 1.55. The van der Waals surface area contributed by atoms with Crippen molar-refractivity contribution in [2.24, 2.45) is 0 Å². The zero-order chi connectivity index (χ0) is 12.9. The summed E-state index contributed by atoms with van der Waals surface area (Å²) < 4.78 is 4.88. The van der Waals surface area contributed by atoms with Crippen LogP contribution >= 0.6 is 0 Å². The molecule has 1 aromatic rings. The average molecular weight is 242 g/mol. The summed E-state index contributed by atoms with van der Waals surface area (Å²) in [6.07, 6.45) is 1.56. The molecular formula is C11H18N2O4. The second-order valence-electron chi connectivity index (χ2n) is 3.98. The Morgan fingerprint density at radius 3 is 2.59 bits per heavy atom. The van der Waals surface area contributed by atoms with Crippen LogP contribution in [0.3, 0.4) is 0 Å². The molecule has 6 heteroatoms. The van der Waals surface area contributed by atoms with Gasteiger partial charge in [-0.05, 0) is 12.8 Å². The number of aliphatic hydroxyl groups excluding tert-OH is 1. The van der Waals surface area contributed by atoms with Gasteiger partial charge in [-0.15, -0.1) is 0 Å². The SMILES string of the molecule is CCC(CC)(CO)NCc1cc(C(=O)O)no1. The monoisotopic (exact) mass is 242 g/mol. The summed E-state index contributed by atoms with van der Waals surface area (Å²) in [5.74, 6) is -0.665. The van der Waals surface area contributed by atoms with E-state index in [4.69, 9.17) is 9.63 Å². The second-order valence-corrected chi connectivity index (χ2v) is 3.98. The highest BCUT2D eigenvalue weighted by Gasteiger charge is 2.25. The van der Waals surface area contributed by atoms with E-state index in [0.29, 0.717) is 12.3 Å². The van der Waals surface area contributed by atoms with E-state index in [-0.39, 0.29) is 17.8 Å². The van der Waals surface area contributed by atoms with E-state index in [0.717, 1.165) is 12.8 Å². The molecule has 0 spiro atoms. The number of nitrogens with zero attached hydrogens (tertiary/aromatic N) is 1. The zero-order valence-corrected chi connectivity index (χ0v) is 10.1. The first-order chi connectivity index (χ1) is 8.06. The van der Waals surface area contributed by atoms with Crippen molar-refractivity contribution in [1.29, 1.82) is 0 Å². The van der Waals surface area contributed by atoms with Crippen LogP contribution in [0.2, 0.25) is 0 Å². The highest BCUT2D eigenvalue weighted by atomic mass is 16.5. The summed E-state index contributed by atoms with van der Waals surface area (Å²) >= 11 is 0. The lowest BCUT2D eigenvalue weighted by atomic mass is 9.94. The number of carbonyl (C=O) groups is 1. The molecule has 1 aromatic heterocycles. The first-order valence-electron chi connectivity index (χ1n) is 5.61. The molecule has 0 bridgehead atoms. The summed E-state index contributed by atoms with van der Waals surface area (Å²) in [6.45, 7) is 4.34. The lowest BCUT2D eigenvalue weighted by molar-refractivity contribution is 0.0685. The highest BCUT2D eigenvalue weighted by molar-refractivity contribution is 5.85. The van der Waals surface area contributed by atoms with Crippen LogP contribution in [0.5, 0.6) is 0 Å². The van der Waals surface area contributed by atoms with E-state index in [2.05, 4.69) is 10.5 Å². The van der Waals surface area contributed by atoms with Gasteiger partial charge in [-0.25, -0.2) is 4.79 Å². The smallest absolute Gasteiger partial charge is 0.358 e. The molecule has 6 nitrogen and oxygen atoms in total. The van der Waals surface area contributed by atoms with E-state index < -0.39 is 5.97 Å². The van der Waals surface area contributed by atoms with E-state index in [9.17, 15) is 9.90 Å². The number of aromatic nitrogens is 1. The van der Waals surface area contributed by atoms with Gasteiger partial charge >= 0.3 is 5.97 Å². The van der Waals surface area contributed by atoms with E-state index >= 15 is 0 Å². The normalized spacial score (nSPS) is 11.7. The molecule has 0 aliphatic rings. The molecule has 1 rings (SSSR count). The zero-order valence-electron chi connectivity index (χ0n) is 10.1. The number of aliphatic hydroxyl groups is 1. The Kier molecular flexibility index (Phi) is 4.65. The third-order valence-electron chi connectivity index (χ3n) is 3.07. The Hall–Kier alpha value is -1.40. The van der Waals surface area contributed by atoms with Crippen LogP contribution in [0.15, 0.2) is 10.6 Å². The summed E-state index contributed by atoms with van der Waals surface area (Å²) in [6, 6.07) is 1.38. The van der Waals surface area contributed by atoms with Gasteiger partial charge in [0.25, 0.3) is 0 Å². The molecule has 0 radical (unpaired) electrons. The summed E-state index contributed by atoms with van der Waals surface area (Å²) in [5.41, 5.74) is -0.458. The maximum absolute atomic E-state index is 10.6. The van der Waals surface area contributed by atoms with Gasteiger partial charge in [-0.3, -0.25) is 0 Å². The molecule has 0 aliphatic heterocycles. The molecule has 0 atom stereocenters. The van der Waals surface area contributed by atoms with Gasteiger partial charge in [0.05, 0.1) is 13.2 Å². The van der Waals surface area contributed by atoms with Crippen LogP contribution in [0.1, 0.15) is 42.9 Å². The van der Waals surface area contributed by atoms with Crippen molar-refractivity contribution >= 4 is 5.97 Å². The van der Waals surface area contributed by atoms with Gasteiger partial charge in [-0.2, -0.15) is 0 Å². The number of aromatic carboxylic acids is 1. The molecule has 1 heterocycles. The standard InChI is InChI=1S/C11H18N2O4/c1-3-11(4-2,7-14)12-6-8-5-9(10(15)16)13-17-8/h5,12,14H,3-4,6-7H2,1-2H3,(H,15,16). The van der Waals surface area contributed by atoms with Gasteiger partial charge in [-0.1, -0.05) is 19.0 Å². The third-order valence-corrected chi connectivity index (χ3v) is 3.07. The van der Waals surface area contributed by atoms with Crippen molar-refractivity contribution in [3.63, 3.8) is 0 Å². The van der Waals surface area contributed by atoms with Crippen LogP contribution < -0.4 is 5.32 Å². The predicted octanol–water partition coefficient (Wildman–Crippen LogP) is 1.01. The highest BCUT2D eigenvalue weighted by Crippen LogP contribution is 2.15. The van der Waals surface area contributed by atoms with Crippen molar-refractivity contribution in [3.05, 3.63) is 17.5 Å². The van der Waals surface area contributed by atoms with Crippen LogP contribution in [-0.4, -0.2) is 33.5 Å². The van der Waals surface area contributed by atoms with E-state index in [1.165, 1.54) is 6.07 Å². The maximum atomic E-state index is 10.6. The van der Waals surface area contributed by atoms with Crippen LogP contribution in [0.4, 0.5) is 0 Å². The molecule has 96 valence electrons. The minimum atomic E-state index is -1.11. The molecule has 0 aliphatic carbocycles. The molecule has 0 fully saturated rings. The molecule has 0 amide bonds. The molecule has 3 N–H and O–H groups in total. The quantitative estimate of drug-likeness (QED) is 0.660. The Morgan fingerprint density at radius 1 is 1.53 bits per heavy atom. The second kappa shape index (κ2) is 5.79. The lowest BCUT2D eigenvalue weighted by Crippen LogP contribution is -2.46. The van der Waals surface area contributed by atoms with Crippen molar-refractivity contribution in [1.82, 2.24) is 10.5 Å². The average Bonchev–Trinajstić information content (AvgIpc) is 2.81. The minimum Gasteiger partial charge on any atom is -0.476 e. The van der Waals surface area contributed by atoms with Crippen LogP contribution in [0.25, 0.3) is 0 Å². The van der Waals surface area contributed by atoms with Crippen molar-refractivity contribution in [2.45, 2.75) is 38.8 Å². The lowest BCUT2D eigenvalue weighted by Gasteiger charge is -2.30. The molecule has 0 unspecified atom stereocenters. The fraction of sp³-hybridized carbons (Fsp3) is 0.636. The number of nitrogens with one attached hydrogen (secondary N) is 1. The Labute approximate surface area is 99.6 Å². The third kappa shape index (κ3) is 3.28. The van der Waals surface area contributed by atoms with Crippen LogP contribution in [0, 0.1) is 0 Å². The predicted molar refractivity (Wildman–Crippen MR) is 60.7 cm³/mol. The number of carboxylic acids is 1. The number of carboxylic acid groups (broad SMARTS) is 1. The molecule has 0 aromatic carbocycles. The fourth-order valence-electron chi connectivity index (χ4n) is 1.55. The largest absolute Gasteiger partial charge is 0.476 e. The molecule has 0 saturated carbocycles. The number of hydrogen-bond donors (Lipinski definition) is 3. The Balaban J connectivity index is 2.62. The van der Waals surface area contributed by atoms with Gasteiger partial charge < -0.3 is 20.1 Å². The van der Waals surface area contributed by atoms with Crippen LogP contribution in [-0.2, 0) is 6.54 Å². The minimum absolute atomic E-state index is 0.0277. The van der Waals surface area contributed by atoms with Crippen molar-refractivity contribution < 1.29 is 19.5 Å². The maximum Gasteiger partial charge on any atom is 0.358 e. The van der Waals surface area contributed by atoms with Gasteiger partial charge in [0.1, 0.15) is 0 Å². The van der Waals surface area contributed by atoms with Gasteiger partial charge in [0.2, 0.25) is 0 Å². The molecule has 17 heavy (non-hydrogen) atoms. The number of hydrogen-bond acceptors (Lipinski definition) is 5. The van der Waals surface area contributed by atoms with E-state index in [1.807, 2.05) is 13.8 Å². The van der Waals surface area contributed by atoms with Gasteiger partial charge in [0.15, 0.2) is 11.5 Å².